The van der Waals surface area contributed by atoms with E-state index in [4.69, 9.17) is 15.3 Å². The summed E-state index contributed by atoms with van der Waals surface area (Å²) in [4.78, 5) is 0. The topological polar surface area (TPSA) is 60.7 Å². The first-order valence-electron chi connectivity index (χ1n) is 4.75. The summed E-state index contributed by atoms with van der Waals surface area (Å²) < 4.78 is 0. The monoisotopic (exact) mass is 346 g/mol. The third-order valence-electron chi connectivity index (χ3n) is 1.34. The number of rotatable bonds is 0. The molecule has 1 aromatic carbocycles. The molecule has 0 radical (unpaired) electrons. The maximum Gasteiger partial charge on any atom is 0.115 e. The van der Waals surface area contributed by atoms with Crippen molar-refractivity contribution >= 4 is 0 Å². The Morgan fingerprint density at radius 1 is 0.818 bits per heavy atom. The van der Waals surface area contributed by atoms with Gasteiger partial charge in [0, 0.05) is 35.9 Å². The second-order valence-corrected chi connectivity index (χ2v) is 2.34. The van der Waals surface area contributed by atoms with Crippen LogP contribution >= 0.6 is 0 Å². The van der Waals surface area contributed by atoms with Crippen LogP contribution in [0.25, 0.3) is 0 Å². The second-order valence-electron chi connectivity index (χ2n) is 2.34. The minimum Gasteiger partial charge on any atom is -0.508 e. The zero-order valence-corrected chi connectivity index (χ0v) is 16.7. The van der Waals surface area contributed by atoms with E-state index in [9.17, 15) is 0 Å². The van der Waals surface area contributed by atoms with Gasteiger partial charge in [-0.25, -0.2) is 12.2 Å². The van der Waals surface area contributed by atoms with E-state index in [1.54, 1.807) is 24.3 Å². The van der Waals surface area contributed by atoms with Gasteiger partial charge >= 0.3 is 0 Å². The summed E-state index contributed by atoms with van der Waals surface area (Å²) in [6, 6.07) is 8.71. The normalized spacial score (nSPS) is 7.27. The van der Waals surface area contributed by atoms with Crippen LogP contribution in [0.3, 0.4) is 0 Å². The molecule has 0 unspecified atom stereocenters. The van der Waals surface area contributed by atoms with Crippen LogP contribution in [0.15, 0.2) is 48.6 Å². The number of hydrogen-bond acceptors (Lipinski definition) is 3. The molecule has 0 spiro atoms. The van der Waals surface area contributed by atoms with E-state index < -0.39 is 0 Å². The maximum atomic E-state index is 8.63. The molecular formula is C18H34O3Ti-6. The molecule has 0 saturated heterocycles. The zero-order chi connectivity index (χ0) is 12.6. The molecule has 1 aromatic rings. The second kappa shape index (κ2) is 50.1. The van der Waals surface area contributed by atoms with Gasteiger partial charge in [-0.3, -0.25) is 6.08 Å². The van der Waals surface area contributed by atoms with Crippen molar-refractivity contribution in [3.8, 4) is 5.75 Å². The summed E-state index contributed by atoms with van der Waals surface area (Å²) >= 11 is 0. The van der Waals surface area contributed by atoms with Gasteiger partial charge in [-0.1, -0.05) is 18.2 Å². The van der Waals surface area contributed by atoms with Crippen LogP contribution in [0.4, 0.5) is 0 Å². The molecule has 0 heterocycles. The first kappa shape index (κ1) is 49.7. The van der Waals surface area contributed by atoms with E-state index in [0.717, 1.165) is 20.6 Å². The van der Waals surface area contributed by atoms with Gasteiger partial charge in [0.2, 0.25) is 0 Å². The van der Waals surface area contributed by atoms with Gasteiger partial charge in [0.25, 0.3) is 0 Å². The average Bonchev–Trinajstić information content (AvgIpc) is 2.94. The first-order chi connectivity index (χ1) is 7.89. The van der Waals surface area contributed by atoms with Crippen LogP contribution in [0.5, 0.6) is 5.75 Å². The van der Waals surface area contributed by atoms with Crippen LogP contribution in [-0.4, -0.2) is 29.5 Å². The van der Waals surface area contributed by atoms with Crippen LogP contribution < -0.4 is 0 Å². The number of hydrogen-bond donors (Lipinski definition) is 3. The van der Waals surface area contributed by atoms with Crippen molar-refractivity contribution in [1.82, 2.24) is 0 Å². The average molecular weight is 346 g/mol. The molecule has 0 amide bonds. The minimum absolute atomic E-state index is 0. The van der Waals surface area contributed by atoms with Gasteiger partial charge in [-0.05, 0) is 12.1 Å². The summed E-state index contributed by atoms with van der Waals surface area (Å²) in [5.74, 6) is 0.322. The van der Waals surface area contributed by atoms with E-state index >= 15 is 0 Å². The Hall–Kier alpha value is -0.866. The van der Waals surface area contributed by atoms with E-state index in [2.05, 4.69) is 12.2 Å². The van der Waals surface area contributed by atoms with Crippen molar-refractivity contribution in [1.29, 1.82) is 0 Å². The molecule has 0 bridgehead atoms. The summed E-state index contributed by atoms with van der Waals surface area (Å²) in [6.07, 6.45) is 10.0. The Kier molecular flexibility index (Phi) is 113. The zero-order valence-electron chi connectivity index (χ0n) is 15.2. The van der Waals surface area contributed by atoms with Crippen molar-refractivity contribution in [3.05, 3.63) is 91.8 Å². The molecule has 0 aromatic heterocycles. The molecule has 3 nitrogen and oxygen atoms in total. The first-order valence-corrected chi connectivity index (χ1v) is 4.75. The number of aromatic hydroxyl groups is 1. The summed E-state index contributed by atoms with van der Waals surface area (Å²) in [7, 11) is 2.00. The Labute approximate surface area is 155 Å². The van der Waals surface area contributed by atoms with Gasteiger partial charge < -0.3 is 52.5 Å². The van der Waals surface area contributed by atoms with Gasteiger partial charge in [-0.15, -0.1) is 6.42 Å². The molecular weight excluding hydrogens is 312 g/mol. The Morgan fingerprint density at radius 2 is 1.23 bits per heavy atom. The summed E-state index contributed by atoms with van der Waals surface area (Å²) in [5, 5.41) is 22.6. The molecule has 0 saturated carbocycles. The third kappa shape index (κ3) is 42.7. The van der Waals surface area contributed by atoms with E-state index in [0.29, 0.717) is 5.75 Å². The van der Waals surface area contributed by atoms with Crippen LogP contribution in [0, 0.1) is 43.2 Å². The van der Waals surface area contributed by atoms with E-state index in [-0.39, 0.29) is 58.9 Å². The number of phenols is 1. The SMILES string of the molecule is CO.CO.Oc1ccccc1.[C-]1=CC=CC1.[CH3-].[CH3-].[CH3-].[CH3-].[CH3-].[Ti]. The van der Waals surface area contributed by atoms with Crippen molar-refractivity contribution in [2.45, 2.75) is 6.42 Å². The molecule has 1 aliphatic carbocycles. The van der Waals surface area contributed by atoms with Gasteiger partial charge in [0.1, 0.15) is 5.75 Å². The van der Waals surface area contributed by atoms with Crippen molar-refractivity contribution < 1.29 is 37.0 Å². The molecule has 0 fully saturated rings. The van der Waals surface area contributed by atoms with Crippen LogP contribution in [0.1, 0.15) is 6.42 Å². The van der Waals surface area contributed by atoms with Crippen molar-refractivity contribution in [2.75, 3.05) is 14.2 Å². The predicted octanol–water partition coefficient (Wildman–Crippen LogP) is 4.16. The standard InChI is InChI=1S/C6H6O.C5H5.2CH4O.5CH3.Ti/c7-6-4-2-1-3-5-6;1-2-4-5-3-1;2*1-2;;;;;;/h1-5,7H;1-3H,4H2;2*2H,1H3;5*1H3;/q;-1;;;5*-1;. The van der Waals surface area contributed by atoms with Gasteiger partial charge in [0.05, 0.1) is 0 Å². The summed E-state index contributed by atoms with van der Waals surface area (Å²) in [5.41, 5.74) is 0. The molecule has 1 aliphatic rings. The van der Waals surface area contributed by atoms with Gasteiger partial charge in [-0.2, -0.15) is 6.08 Å². The smallest absolute Gasteiger partial charge is 0.115 e. The predicted molar refractivity (Wildman–Crippen MR) is 98.0 cm³/mol. The Bertz CT molecular complexity index is 263. The fraction of sp³-hybridized carbons (Fsp3) is 0.167. The number of phenolic OH excluding ortho intramolecular Hbond substituents is 1. The number of aliphatic hydroxyl groups is 2. The molecule has 134 valence electrons. The number of benzene rings is 1. The Balaban J connectivity index is -0.0000000201. The fourth-order valence-electron chi connectivity index (χ4n) is 0.768. The molecule has 0 aliphatic heterocycles. The molecule has 4 heteroatoms. The molecule has 22 heavy (non-hydrogen) atoms. The van der Waals surface area contributed by atoms with Gasteiger partial charge in [0.15, 0.2) is 0 Å². The van der Waals surface area contributed by atoms with Crippen LogP contribution in [0.2, 0.25) is 0 Å². The molecule has 3 N–H and O–H groups in total. The van der Waals surface area contributed by atoms with Crippen molar-refractivity contribution in [3.63, 3.8) is 0 Å². The Morgan fingerprint density at radius 3 is 1.36 bits per heavy atom. The fourth-order valence-corrected chi connectivity index (χ4v) is 0.768. The van der Waals surface area contributed by atoms with E-state index in [1.165, 1.54) is 0 Å². The minimum atomic E-state index is 0. The number of para-hydroxylation sites is 1. The van der Waals surface area contributed by atoms with Crippen LogP contribution in [-0.2, 0) is 21.7 Å². The largest absolute Gasteiger partial charge is 0.508 e. The molecule has 0 atom stereocenters. The summed E-state index contributed by atoms with van der Waals surface area (Å²) in [6.45, 7) is 0. The van der Waals surface area contributed by atoms with Crippen molar-refractivity contribution in [2.24, 2.45) is 0 Å². The number of allylic oxidation sites excluding steroid dienone is 4. The maximum absolute atomic E-state index is 8.63. The quantitative estimate of drug-likeness (QED) is 0.488. The molecule has 2 rings (SSSR count). The third-order valence-corrected chi connectivity index (χ3v) is 1.34. The number of aliphatic hydroxyl groups excluding tert-OH is 2. The van der Waals surface area contributed by atoms with E-state index in [1.807, 2.05) is 18.2 Å².